The van der Waals surface area contributed by atoms with Gasteiger partial charge in [-0.05, 0) is 19.8 Å². The van der Waals surface area contributed by atoms with E-state index < -0.39 is 0 Å². The molecule has 0 aromatic rings. The SMILES string of the molecule is CC(N)=NCCCCCCCC(N)=NN. The van der Waals surface area contributed by atoms with Crippen LogP contribution in [-0.4, -0.2) is 18.2 Å². The van der Waals surface area contributed by atoms with Crippen LogP contribution in [0.4, 0.5) is 0 Å². The first kappa shape index (κ1) is 13.7. The zero-order valence-electron chi connectivity index (χ0n) is 9.58. The summed E-state index contributed by atoms with van der Waals surface area (Å²) in [6.07, 6.45) is 6.53. The van der Waals surface area contributed by atoms with Crippen LogP contribution in [0.1, 0.15) is 45.4 Å². The van der Waals surface area contributed by atoms with Gasteiger partial charge >= 0.3 is 0 Å². The van der Waals surface area contributed by atoms with Gasteiger partial charge in [-0.1, -0.05) is 19.3 Å². The van der Waals surface area contributed by atoms with Crippen molar-refractivity contribution in [3.63, 3.8) is 0 Å². The van der Waals surface area contributed by atoms with Crippen molar-refractivity contribution in [2.75, 3.05) is 6.54 Å². The Morgan fingerprint density at radius 1 is 1.00 bits per heavy atom. The van der Waals surface area contributed by atoms with Crippen LogP contribution in [0.5, 0.6) is 0 Å². The zero-order chi connectivity index (χ0) is 11.5. The maximum atomic E-state index is 5.46. The molecule has 0 aliphatic carbocycles. The van der Waals surface area contributed by atoms with E-state index in [1.54, 1.807) is 0 Å². The quantitative estimate of drug-likeness (QED) is 0.184. The Hall–Kier alpha value is -1.26. The molecule has 0 heterocycles. The van der Waals surface area contributed by atoms with Gasteiger partial charge in [0.05, 0.1) is 5.84 Å². The van der Waals surface area contributed by atoms with E-state index in [9.17, 15) is 0 Å². The third-order valence-corrected chi connectivity index (χ3v) is 2.12. The molecule has 88 valence electrons. The second kappa shape index (κ2) is 9.30. The summed E-state index contributed by atoms with van der Waals surface area (Å²) in [5.74, 6) is 6.23. The van der Waals surface area contributed by atoms with Gasteiger partial charge in [0.15, 0.2) is 0 Å². The number of hydrogen-bond donors (Lipinski definition) is 3. The molecule has 0 fully saturated rings. The molecule has 0 aliphatic heterocycles. The van der Waals surface area contributed by atoms with Crippen molar-refractivity contribution in [3.05, 3.63) is 0 Å². The Kier molecular flexibility index (Phi) is 8.52. The lowest BCUT2D eigenvalue weighted by Crippen LogP contribution is -2.13. The average molecular weight is 213 g/mol. The van der Waals surface area contributed by atoms with E-state index in [-0.39, 0.29) is 0 Å². The summed E-state index contributed by atoms with van der Waals surface area (Å²) in [5, 5.41) is 3.42. The van der Waals surface area contributed by atoms with Gasteiger partial charge in [-0.2, -0.15) is 5.10 Å². The lowest BCUT2D eigenvalue weighted by Gasteiger charge is -2.00. The van der Waals surface area contributed by atoms with Crippen molar-refractivity contribution < 1.29 is 0 Å². The molecule has 0 amide bonds. The lowest BCUT2D eigenvalue weighted by atomic mass is 10.1. The van der Waals surface area contributed by atoms with Gasteiger partial charge in [0.25, 0.3) is 0 Å². The maximum Gasteiger partial charge on any atom is 0.119 e. The summed E-state index contributed by atoms with van der Waals surface area (Å²) < 4.78 is 0. The van der Waals surface area contributed by atoms with E-state index in [4.69, 9.17) is 17.3 Å². The molecule has 0 unspecified atom stereocenters. The third-order valence-electron chi connectivity index (χ3n) is 2.12. The number of unbranched alkanes of at least 4 members (excludes halogenated alkanes) is 4. The van der Waals surface area contributed by atoms with Gasteiger partial charge in [-0.15, -0.1) is 0 Å². The lowest BCUT2D eigenvalue weighted by molar-refractivity contribution is 0.627. The number of amidine groups is 2. The second-order valence-electron chi connectivity index (χ2n) is 3.66. The average Bonchev–Trinajstić information content (AvgIpc) is 2.21. The molecule has 5 heteroatoms. The van der Waals surface area contributed by atoms with E-state index in [1.807, 2.05) is 6.92 Å². The molecule has 0 saturated carbocycles. The largest absolute Gasteiger partial charge is 0.388 e. The molecular formula is C10H23N5. The van der Waals surface area contributed by atoms with Crippen LogP contribution >= 0.6 is 0 Å². The molecule has 0 bridgehead atoms. The predicted octanol–water partition coefficient (Wildman–Crippen LogP) is 0.935. The Bertz CT molecular complexity index is 206. The first-order valence-electron chi connectivity index (χ1n) is 5.45. The maximum absolute atomic E-state index is 5.46. The highest BCUT2D eigenvalue weighted by molar-refractivity contribution is 5.79. The molecule has 6 N–H and O–H groups in total. The van der Waals surface area contributed by atoms with Crippen molar-refractivity contribution in [3.8, 4) is 0 Å². The number of hydrogen-bond acceptors (Lipinski definition) is 3. The van der Waals surface area contributed by atoms with Crippen molar-refractivity contribution >= 4 is 11.7 Å². The molecular weight excluding hydrogens is 190 g/mol. The number of rotatable bonds is 8. The standard InChI is InChI=1S/C10H23N5/c1-9(11)14-8-6-4-2-3-5-7-10(12)15-13/h2-8,13H2,1H3,(H2,11,14)(H2,12,15). The van der Waals surface area contributed by atoms with Gasteiger partial charge in [0.2, 0.25) is 0 Å². The van der Waals surface area contributed by atoms with Gasteiger partial charge in [0, 0.05) is 13.0 Å². The highest BCUT2D eigenvalue weighted by atomic mass is 15.1. The van der Waals surface area contributed by atoms with Crippen LogP contribution in [0.2, 0.25) is 0 Å². The highest BCUT2D eigenvalue weighted by Crippen LogP contribution is 2.05. The Labute approximate surface area is 91.8 Å². The molecule has 0 aromatic heterocycles. The van der Waals surface area contributed by atoms with Crippen molar-refractivity contribution in [2.24, 2.45) is 27.4 Å². The molecule has 0 spiro atoms. The fourth-order valence-corrected chi connectivity index (χ4v) is 1.27. The Balaban J connectivity index is 3.15. The second-order valence-corrected chi connectivity index (χ2v) is 3.66. The van der Waals surface area contributed by atoms with Crippen LogP contribution in [0, 0.1) is 0 Å². The molecule has 15 heavy (non-hydrogen) atoms. The fraction of sp³-hybridized carbons (Fsp3) is 0.800. The molecule has 0 aliphatic rings. The summed E-state index contributed by atoms with van der Waals surface area (Å²) in [7, 11) is 0. The normalized spacial score (nSPS) is 13.1. The first-order chi connectivity index (χ1) is 7.16. The molecule has 5 nitrogen and oxygen atoms in total. The number of aliphatic imine (C=N–C) groups is 1. The van der Waals surface area contributed by atoms with E-state index in [0.717, 1.165) is 25.8 Å². The van der Waals surface area contributed by atoms with Crippen molar-refractivity contribution in [1.82, 2.24) is 0 Å². The molecule has 0 saturated heterocycles. The Morgan fingerprint density at radius 2 is 1.60 bits per heavy atom. The minimum Gasteiger partial charge on any atom is -0.388 e. The molecule has 0 atom stereocenters. The summed E-state index contributed by atoms with van der Waals surface area (Å²) in [5.41, 5.74) is 10.9. The molecule has 0 radical (unpaired) electrons. The van der Waals surface area contributed by atoms with Gasteiger partial charge < -0.3 is 17.3 Å². The van der Waals surface area contributed by atoms with Crippen LogP contribution in [-0.2, 0) is 0 Å². The summed E-state index contributed by atoms with van der Waals surface area (Å²) in [4.78, 5) is 4.12. The monoisotopic (exact) mass is 213 g/mol. The van der Waals surface area contributed by atoms with Gasteiger partial charge in [0.1, 0.15) is 5.84 Å². The number of nitrogens with zero attached hydrogens (tertiary/aromatic N) is 2. The highest BCUT2D eigenvalue weighted by Gasteiger charge is 1.93. The van der Waals surface area contributed by atoms with Gasteiger partial charge in [-0.25, -0.2) is 0 Å². The zero-order valence-corrected chi connectivity index (χ0v) is 9.58. The number of hydrazone groups is 1. The van der Waals surface area contributed by atoms with Gasteiger partial charge in [-0.3, -0.25) is 4.99 Å². The first-order valence-corrected chi connectivity index (χ1v) is 5.45. The third kappa shape index (κ3) is 10.7. The fourth-order valence-electron chi connectivity index (χ4n) is 1.27. The molecule has 0 aromatic carbocycles. The smallest absolute Gasteiger partial charge is 0.119 e. The minimum absolute atomic E-state index is 0.540. The topological polar surface area (TPSA) is 103 Å². The Morgan fingerprint density at radius 3 is 2.20 bits per heavy atom. The van der Waals surface area contributed by atoms with Crippen molar-refractivity contribution in [2.45, 2.75) is 45.4 Å². The molecule has 0 rings (SSSR count). The minimum atomic E-state index is 0.540. The van der Waals surface area contributed by atoms with E-state index in [1.165, 1.54) is 19.3 Å². The predicted molar refractivity (Wildman–Crippen MR) is 65.7 cm³/mol. The van der Waals surface area contributed by atoms with E-state index in [2.05, 4.69) is 10.1 Å². The van der Waals surface area contributed by atoms with Crippen LogP contribution < -0.4 is 17.3 Å². The summed E-state index contributed by atoms with van der Waals surface area (Å²) in [6.45, 7) is 2.66. The number of nitrogens with two attached hydrogens (primary N) is 3. The van der Waals surface area contributed by atoms with E-state index in [0.29, 0.717) is 11.7 Å². The van der Waals surface area contributed by atoms with Crippen LogP contribution in [0.15, 0.2) is 10.1 Å². The summed E-state index contributed by atoms with van der Waals surface area (Å²) in [6, 6.07) is 0. The summed E-state index contributed by atoms with van der Waals surface area (Å²) >= 11 is 0. The van der Waals surface area contributed by atoms with Crippen molar-refractivity contribution in [1.29, 1.82) is 0 Å². The van der Waals surface area contributed by atoms with Crippen LogP contribution in [0.3, 0.4) is 0 Å². The van der Waals surface area contributed by atoms with Crippen LogP contribution in [0.25, 0.3) is 0 Å². The van der Waals surface area contributed by atoms with E-state index >= 15 is 0 Å².